The number of phenolic OH excluding ortho intramolecular Hbond substituents is 1. The first-order valence-corrected chi connectivity index (χ1v) is 21.9. The molecule has 8 nitrogen and oxygen atoms in total. The number of aromatic hydroxyl groups is 1. The fourth-order valence-corrected chi connectivity index (χ4v) is 9.93. The molecule has 0 radical (unpaired) electrons. The molecule has 2 fully saturated rings. The number of phenols is 1. The fraction of sp³-hybridized carbons (Fsp3) is 0.321. The van der Waals surface area contributed by atoms with Crippen molar-refractivity contribution in [1.29, 1.82) is 0 Å². The molecule has 0 amide bonds. The summed E-state index contributed by atoms with van der Waals surface area (Å²) in [4.78, 5) is 24.3. The van der Waals surface area contributed by atoms with Gasteiger partial charge in [-0.25, -0.2) is 18.4 Å². The Morgan fingerprint density at radius 2 is 1.08 bits per heavy atom. The van der Waals surface area contributed by atoms with Crippen molar-refractivity contribution >= 4 is 33.7 Å². The van der Waals surface area contributed by atoms with E-state index in [0.29, 0.717) is 40.9 Å². The Kier molecular flexibility index (Phi) is 13.0. The quantitative estimate of drug-likeness (QED) is 0.145. The average Bonchev–Trinajstić information content (AvgIpc) is 3.77. The third-order valence-electron chi connectivity index (χ3n) is 13.0. The highest BCUT2D eigenvalue weighted by molar-refractivity contribution is 6.00. The second kappa shape index (κ2) is 18.9. The maximum Gasteiger partial charge on any atom is 0.337 e. The molecule has 0 unspecified atom stereocenters. The lowest BCUT2D eigenvalue weighted by molar-refractivity contribution is 0.0592. The zero-order valence-corrected chi connectivity index (χ0v) is 36.4. The lowest BCUT2D eigenvalue weighted by Gasteiger charge is -2.24. The van der Waals surface area contributed by atoms with Gasteiger partial charge in [0.1, 0.15) is 29.7 Å². The van der Waals surface area contributed by atoms with Gasteiger partial charge in [0.25, 0.3) is 0 Å². The lowest BCUT2D eigenvalue weighted by Crippen LogP contribution is -2.07. The Bertz CT molecular complexity index is 2780. The summed E-state index contributed by atoms with van der Waals surface area (Å²) in [6, 6.07) is 30.2. The van der Waals surface area contributed by atoms with Crippen molar-refractivity contribution in [3.05, 3.63) is 143 Å². The first kappa shape index (κ1) is 43.2. The molecule has 0 bridgehead atoms. The molecule has 1 N–H and O–H groups in total. The Labute approximate surface area is 367 Å². The van der Waals surface area contributed by atoms with E-state index in [1.54, 1.807) is 12.1 Å². The largest absolute Gasteiger partial charge is 0.507 e. The minimum atomic E-state index is -0.466. The average molecular weight is 853 g/mol. The van der Waals surface area contributed by atoms with Crippen LogP contribution in [0.3, 0.4) is 0 Å². The number of fused-ring (bicyclic) bond motifs is 2. The van der Waals surface area contributed by atoms with Crippen LogP contribution >= 0.6 is 0 Å². The van der Waals surface area contributed by atoms with Crippen molar-refractivity contribution in [3.63, 3.8) is 0 Å². The molecule has 2 aliphatic rings. The van der Waals surface area contributed by atoms with Gasteiger partial charge in [0, 0.05) is 59.2 Å². The molecular formula is C53H54F2N2O6. The van der Waals surface area contributed by atoms with Crippen LogP contribution in [0.2, 0.25) is 0 Å². The van der Waals surface area contributed by atoms with Gasteiger partial charge in [0.2, 0.25) is 0 Å². The first-order valence-electron chi connectivity index (χ1n) is 21.9. The molecule has 326 valence electrons. The number of hydrogen-bond donors (Lipinski definition) is 1. The van der Waals surface area contributed by atoms with Gasteiger partial charge in [-0.05, 0) is 103 Å². The Morgan fingerprint density at radius 1 is 0.603 bits per heavy atom. The van der Waals surface area contributed by atoms with Crippen molar-refractivity contribution in [2.24, 2.45) is 14.1 Å². The van der Waals surface area contributed by atoms with Gasteiger partial charge in [-0.1, -0.05) is 81.0 Å². The monoisotopic (exact) mass is 852 g/mol. The molecule has 2 saturated carbocycles. The van der Waals surface area contributed by atoms with Crippen LogP contribution < -0.4 is 4.74 Å². The van der Waals surface area contributed by atoms with E-state index in [-0.39, 0.29) is 23.5 Å². The summed E-state index contributed by atoms with van der Waals surface area (Å²) in [5.41, 5.74) is 9.71. The van der Waals surface area contributed by atoms with Crippen LogP contribution in [0.4, 0.5) is 8.78 Å². The van der Waals surface area contributed by atoms with Gasteiger partial charge in [-0.2, -0.15) is 0 Å². The molecule has 0 atom stereocenters. The number of rotatable bonds is 9. The second-order valence-electron chi connectivity index (χ2n) is 16.8. The summed E-state index contributed by atoms with van der Waals surface area (Å²) >= 11 is 0. The standard InChI is InChI=1S/C30H30FNO3.C23H24FNO3/c1-32-26-17-22(30(33)34-2)13-15-24(26)28(21-11-7-4-8-12-21)29(32)25-16-14-23(31)18-27(25)35-19-20-9-5-3-6-10-20;1-25-19-12-15(23(27)28-2)8-10-17(19)21(14-6-4-3-5-7-14)22(25)18-11-9-16(24)13-20(18)26/h3,5-6,9-10,13-18,21H,4,7-8,11-12,19H2,1-2H3;8-14,26H,3-7H2,1-2H3. The number of carbonyl (C=O) groups is 2. The molecule has 5 aromatic carbocycles. The topological polar surface area (TPSA) is 91.9 Å². The molecular weight excluding hydrogens is 799 g/mol. The molecule has 0 saturated heterocycles. The molecule has 10 heteroatoms. The summed E-state index contributed by atoms with van der Waals surface area (Å²) in [5.74, 6) is -0.313. The molecule has 7 aromatic rings. The number of halogens is 2. The van der Waals surface area contributed by atoms with Crippen molar-refractivity contribution in [2.45, 2.75) is 82.7 Å². The van der Waals surface area contributed by atoms with E-state index in [2.05, 4.69) is 4.57 Å². The van der Waals surface area contributed by atoms with E-state index in [9.17, 15) is 23.5 Å². The normalized spacial score (nSPS) is 14.6. The molecule has 2 aliphatic carbocycles. The molecule has 0 spiro atoms. The van der Waals surface area contributed by atoms with E-state index in [1.807, 2.05) is 85.4 Å². The summed E-state index contributed by atoms with van der Waals surface area (Å²) in [6.07, 6.45) is 11.7. The molecule has 0 aliphatic heterocycles. The number of esters is 2. The number of methoxy groups -OCH3 is 2. The highest BCUT2D eigenvalue weighted by Gasteiger charge is 2.29. The van der Waals surface area contributed by atoms with E-state index in [4.69, 9.17) is 14.2 Å². The Hall–Kier alpha value is -6.42. The predicted octanol–water partition coefficient (Wildman–Crippen LogP) is 12.9. The van der Waals surface area contributed by atoms with Gasteiger partial charge >= 0.3 is 11.9 Å². The zero-order valence-electron chi connectivity index (χ0n) is 36.4. The third-order valence-corrected chi connectivity index (χ3v) is 13.0. The van der Waals surface area contributed by atoms with Crippen LogP contribution in [-0.2, 0) is 30.2 Å². The third kappa shape index (κ3) is 8.81. The van der Waals surface area contributed by atoms with Crippen molar-refractivity contribution < 1.29 is 37.7 Å². The van der Waals surface area contributed by atoms with Gasteiger partial charge in [-0.15, -0.1) is 0 Å². The minimum Gasteiger partial charge on any atom is -0.507 e. The first-order chi connectivity index (χ1) is 30.6. The van der Waals surface area contributed by atoms with Gasteiger partial charge in [-0.3, -0.25) is 0 Å². The number of benzene rings is 5. The maximum absolute atomic E-state index is 14.4. The number of hydrogen-bond acceptors (Lipinski definition) is 6. The zero-order chi connectivity index (χ0) is 44.2. The van der Waals surface area contributed by atoms with Crippen molar-refractivity contribution in [3.8, 4) is 34.0 Å². The van der Waals surface area contributed by atoms with Gasteiger partial charge in [0.15, 0.2) is 0 Å². The van der Waals surface area contributed by atoms with E-state index < -0.39 is 5.82 Å². The van der Waals surface area contributed by atoms with Crippen LogP contribution in [0, 0.1) is 11.6 Å². The van der Waals surface area contributed by atoms with Crippen LogP contribution in [0.15, 0.2) is 103 Å². The number of nitrogens with zero attached hydrogens (tertiary/aromatic N) is 2. The molecule has 2 heterocycles. The maximum atomic E-state index is 14.4. The van der Waals surface area contributed by atoms with Crippen LogP contribution in [0.5, 0.6) is 11.5 Å². The number of aromatic nitrogens is 2. The van der Waals surface area contributed by atoms with Crippen molar-refractivity contribution in [2.75, 3.05) is 14.2 Å². The molecule has 2 aromatic heterocycles. The highest BCUT2D eigenvalue weighted by Crippen LogP contribution is 2.48. The van der Waals surface area contributed by atoms with Gasteiger partial charge in [0.05, 0.1) is 36.7 Å². The summed E-state index contributed by atoms with van der Waals surface area (Å²) in [5, 5.41) is 12.7. The number of aryl methyl sites for hydroxylation is 2. The number of carbonyl (C=O) groups excluding carboxylic acids is 2. The Balaban J connectivity index is 0.000000177. The van der Waals surface area contributed by atoms with Crippen LogP contribution in [-0.4, -0.2) is 40.4 Å². The number of ether oxygens (including phenoxy) is 3. The molecule has 9 rings (SSSR count). The summed E-state index contributed by atoms with van der Waals surface area (Å²) < 4.78 is 48.1. The molecule has 63 heavy (non-hydrogen) atoms. The van der Waals surface area contributed by atoms with E-state index in [1.165, 1.54) is 82.1 Å². The highest BCUT2D eigenvalue weighted by atomic mass is 19.1. The van der Waals surface area contributed by atoms with E-state index in [0.717, 1.165) is 76.1 Å². The van der Waals surface area contributed by atoms with Crippen LogP contribution in [0.1, 0.15) is 113 Å². The summed E-state index contributed by atoms with van der Waals surface area (Å²) in [7, 11) is 6.70. The SMILES string of the molecule is COC(=O)c1ccc2c(C3CCCCC3)c(-c3ccc(F)cc3O)n(C)c2c1.COC(=O)c1ccc2c(C3CCCCC3)c(-c3ccc(F)cc3OCc3ccccc3)n(C)c2c1. The fourth-order valence-electron chi connectivity index (χ4n) is 9.93. The smallest absolute Gasteiger partial charge is 0.337 e. The van der Waals surface area contributed by atoms with Gasteiger partial charge < -0.3 is 28.5 Å². The Morgan fingerprint density at radius 3 is 1.57 bits per heavy atom. The van der Waals surface area contributed by atoms with Crippen LogP contribution in [0.25, 0.3) is 44.3 Å². The summed E-state index contributed by atoms with van der Waals surface area (Å²) in [6.45, 7) is 0.354. The van der Waals surface area contributed by atoms with E-state index >= 15 is 0 Å². The minimum absolute atomic E-state index is 0.0730. The predicted molar refractivity (Wildman–Crippen MR) is 243 cm³/mol. The lowest BCUT2D eigenvalue weighted by atomic mass is 9.81. The second-order valence-corrected chi connectivity index (χ2v) is 16.8. The van der Waals surface area contributed by atoms with Crippen molar-refractivity contribution in [1.82, 2.24) is 9.13 Å².